The Hall–Kier alpha value is -8.69. The number of hydrogen-bond acceptors (Lipinski definition) is 20. The van der Waals surface area contributed by atoms with Gasteiger partial charge in [0.15, 0.2) is 0 Å². The lowest BCUT2D eigenvalue weighted by atomic mass is 10.2. The molecule has 0 bridgehead atoms. The minimum atomic E-state index is -1.04. The van der Waals surface area contributed by atoms with Crippen molar-refractivity contribution in [3.63, 3.8) is 0 Å². The summed E-state index contributed by atoms with van der Waals surface area (Å²) in [5, 5.41) is 57.0. The fraction of sp³-hybridized carbons (Fsp3) is 0.143. The molecule has 0 saturated heterocycles. The first kappa shape index (κ1) is 50.0. The van der Waals surface area contributed by atoms with Crippen LogP contribution < -0.4 is 0 Å². The van der Waals surface area contributed by atoms with Crippen molar-refractivity contribution in [3.8, 4) is 69.2 Å². The Kier molecular flexibility index (Phi) is 18.8. The Labute approximate surface area is 383 Å². The molecular formula is C42H35B3N19O2. The van der Waals surface area contributed by atoms with Crippen molar-refractivity contribution >= 4 is 31.2 Å². The Balaban J connectivity index is 0.000000212. The molecule has 9 aromatic heterocycles. The first-order valence-electron chi connectivity index (χ1n) is 19.4. The van der Waals surface area contributed by atoms with Crippen LogP contribution in [0.3, 0.4) is 0 Å². The topological polar surface area (TPSA) is 282 Å². The highest BCUT2D eigenvalue weighted by Gasteiger charge is 2.12. The molecule has 9 aromatic rings. The number of aromatic carboxylic acids is 1. The lowest BCUT2D eigenvalue weighted by molar-refractivity contribution is 0.0696. The molecule has 1 N–H and O–H groups in total. The highest BCUT2D eigenvalue weighted by Crippen LogP contribution is 2.16. The van der Waals surface area contributed by atoms with E-state index < -0.39 is 5.97 Å². The fourth-order valence-corrected chi connectivity index (χ4v) is 5.15. The van der Waals surface area contributed by atoms with Crippen molar-refractivity contribution in [2.24, 2.45) is 0 Å². The van der Waals surface area contributed by atoms with E-state index in [-0.39, 0.29) is 36.6 Å². The van der Waals surface area contributed by atoms with Crippen molar-refractivity contribution in [3.05, 3.63) is 138 Å². The second-order valence-electron chi connectivity index (χ2n) is 12.9. The van der Waals surface area contributed by atoms with E-state index in [0.29, 0.717) is 63.4 Å². The second kappa shape index (κ2) is 24.8. The summed E-state index contributed by atoms with van der Waals surface area (Å²) in [5.74, 6) is 1.37. The number of carboxylic acid groups (broad SMARTS) is 1. The van der Waals surface area contributed by atoms with Crippen LogP contribution in [0, 0.1) is 0 Å². The molecule has 0 spiro atoms. The molecule has 0 fully saturated rings. The molecule has 0 aliphatic heterocycles. The standard InChI is InChI=1S/C15H12N6O2.C14H12N6.C13H11N7.3B/c1-2-9-3-5-11(16-7-9)13-18-20-14(21-19-13)12-6-4-10(8-17-12)15(22)23;1-2-10-6-7-12(16-9-10)14-19-17-13(18-20-14)11-5-3-4-8-15-11;1-2-9-4-5-10(16-8-9)11-17-19-13(20-18-11)12-14-6-3-7-15-12;;;/h3-8H,2H2,1H3,(H,22,23);3-9H,2H2,1H3;3-8H,2H2,1H3;;;. The van der Waals surface area contributed by atoms with Crippen molar-refractivity contribution in [2.75, 3.05) is 0 Å². The normalized spacial score (nSPS) is 9.98. The van der Waals surface area contributed by atoms with E-state index in [1.807, 2.05) is 67.7 Å². The number of pyridine rings is 5. The summed E-state index contributed by atoms with van der Waals surface area (Å²) in [7, 11) is 0. The van der Waals surface area contributed by atoms with E-state index in [1.165, 1.54) is 23.9 Å². The summed E-state index contributed by atoms with van der Waals surface area (Å²) >= 11 is 0. The average molecular weight is 870 g/mol. The summed E-state index contributed by atoms with van der Waals surface area (Å²) in [5.41, 5.74) is 6.47. The maximum Gasteiger partial charge on any atom is 0.337 e. The Morgan fingerprint density at radius 2 is 0.697 bits per heavy atom. The van der Waals surface area contributed by atoms with Crippen LogP contribution in [0.25, 0.3) is 69.2 Å². The van der Waals surface area contributed by atoms with Crippen molar-refractivity contribution in [2.45, 2.75) is 40.0 Å². The van der Waals surface area contributed by atoms with Crippen LogP contribution in [-0.4, -0.2) is 132 Å². The van der Waals surface area contributed by atoms with Gasteiger partial charge in [-0.2, -0.15) is 0 Å². The van der Waals surface area contributed by atoms with Crippen LogP contribution >= 0.6 is 0 Å². The van der Waals surface area contributed by atoms with E-state index in [9.17, 15) is 4.79 Å². The van der Waals surface area contributed by atoms with E-state index in [4.69, 9.17) is 5.11 Å². The van der Waals surface area contributed by atoms with Crippen molar-refractivity contribution < 1.29 is 9.90 Å². The van der Waals surface area contributed by atoms with Gasteiger partial charge in [-0.15, -0.1) is 61.2 Å². The molecule has 9 radical (unpaired) electrons. The largest absolute Gasteiger partial charge is 0.478 e. The highest BCUT2D eigenvalue weighted by atomic mass is 16.4. The fourth-order valence-electron chi connectivity index (χ4n) is 5.15. The van der Waals surface area contributed by atoms with Crippen LogP contribution in [0.1, 0.15) is 47.8 Å². The van der Waals surface area contributed by atoms with E-state index in [0.717, 1.165) is 30.4 Å². The quantitative estimate of drug-likeness (QED) is 0.191. The van der Waals surface area contributed by atoms with Crippen LogP contribution in [-0.2, 0) is 19.3 Å². The zero-order chi connectivity index (χ0) is 43.8. The Morgan fingerprint density at radius 1 is 0.364 bits per heavy atom. The van der Waals surface area contributed by atoms with Gasteiger partial charge in [0.05, 0.1) is 5.56 Å². The summed E-state index contributed by atoms with van der Waals surface area (Å²) in [4.78, 5) is 39.9. The summed E-state index contributed by atoms with van der Waals surface area (Å²) in [6.45, 7) is 6.20. The number of aromatic nitrogens is 19. The Bertz CT molecular complexity index is 2700. The molecule has 0 atom stereocenters. The van der Waals surface area contributed by atoms with Crippen LogP contribution in [0.4, 0.5) is 0 Å². The lowest BCUT2D eigenvalue weighted by Gasteiger charge is -2.01. The third-order valence-electron chi connectivity index (χ3n) is 8.72. The van der Waals surface area contributed by atoms with Gasteiger partial charge in [-0.05, 0) is 84.5 Å². The molecule has 319 valence electrons. The minimum Gasteiger partial charge on any atom is -0.478 e. The Morgan fingerprint density at radius 3 is 0.985 bits per heavy atom. The second-order valence-corrected chi connectivity index (χ2v) is 12.9. The smallest absolute Gasteiger partial charge is 0.337 e. The number of rotatable bonds is 10. The molecule has 24 heteroatoms. The number of aryl methyl sites for hydroxylation is 3. The van der Waals surface area contributed by atoms with Gasteiger partial charge in [0.2, 0.25) is 40.8 Å². The van der Waals surface area contributed by atoms with Gasteiger partial charge in [0.1, 0.15) is 28.5 Å². The van der Waals surface area contributed by atoms with E-state index in [2.05, 4.69) is 110 Å². The van der Waals surface area contributed by atoms with Gasteiger partial charge in [-0.25, -0.2) is 14.8 Å². The van der Waals surface area contributed by atoms with Gasteiger partial charge in [0, 0.05) is 68.6 Å². The predicted molar refractivity (Wildman–Crippen MR) is 242 cm³/mol. The maximum absolute atomic E-state index is 10.8. The van der Waals surface area contributed by atoms with Crippen molar-refractivity contribution in [1.29, 1.82) is 0 Å². The summed E-state index contributed by atoms with van der Waals surface area (Å²) in [6, 6.07) is 21.6. The molecule has 9 rings (SSSR count). The molecule has 21 nitrogen and oxygen atoms in total. The zero-order valence-electron chi connectivity index (χ0n) is 35.7. The molecule has 0 unspecified atom stereocenters. The molecule has 0 aromatic carbocycles. The first-order valence-corrected chi connectivity index (χ1v) is 19.4. The van der Waals surface area contributed by atoms with Crippen molar-refractivity contribution in [1.82, 2.24) is 96.1 Å². The van der Waals surface area contributed by atoms with Gasteiger partial charge < -0.3 is 5.11 Å². The zero-order valence-corrected chi connectivity index (χ0v) is 35.7. The first-order chi connectivity index (χ1) is 30.9. The monoisotopic (exact) mass is 870 g/mol. The number of hydrogen-bond donors (Lipinski definition) is 1. The van der Waals surface area contributed by atoms with Gasteiger partial charge >= 0.3 is 5.97 Å². The third kappa shape index (κ3) is 13.2. The average Bonchev–Trinajstić information content (AvgIpc) is 3.37. The highest BCUT2D eigenvalue weighted by molar-refractivity contribution is 5.87. The molecule has 9 heterocycles. The van der Waals surface area contributed by atoms with Gasteiger partial charge in [-0.1, -0.05) is 45.0 Å². The number of nitrogens with zero attached hydrogens (tertiary/aromatic N) is 19. The van der Waals surface area contributed by atoms with Crippen LogP contribution in [0.2, 0.25) is 0 Å². The number of carbonyl (C=O) groups is 1. The van der Waals surface area contributed by atoms with E-state index in [1.54, 1.807) is 37.1 Å². The third-order valence-corrected chi connectivity index (χ3v) is 8.72. The molecule has 0 amide bonds. The number of carboxylic acids is 1. The maximum atomic E-state index is 10.8. The molecule has 0 aliphatic carbocycles. The molecular weight excluding hydrogens is 835 g/mol. The van der Waals surface area contributed by atoms with E-state index >= 15 is 0 Å². The predicted octanol–water partition coefficient (Wildman–Crippen LogP) is 3.81. The van der Waals surface area contributed by atoms with Crippen LogP contribution in [0.5, 0.6) is 0 Å². The lowest BCUT2D eigenvalue weighted by Crippen LogP contribution is -2.02. The molecule has 66 heavy (non-hydrogen) atoms. The SMILES string of the molecule is CCc1ccc(-c2nnc(-c3ccc(C(=O)O)cn3)nn2)nc1.CCc1ccc(-c2nnc(-c3ccccn3)nn2)nc1.CCc1ccc(-c2nnc(-c3ncccn3)nn2)nc1.[B].[B].[B]. The minimum absolute atomic E-state index is 0. The van der Waals surface area contributed by atoms with Gasteiger partial charge in [-0.3, -0.25) is 24.9 Å². The molecule has 0 aliphatic rings. The molecule has 0 saturated carbocycles. The summed E-state index contributed by atoms with van der Waals surface area (Å²) in [6.07, 6.45) is 14.3. The van der Waals surface area contributed by atoms with Crippen LogP contribution in [0.15, 0.2) is 116 Å². The van der Waals surface area contributed by atoms with Gasteiger partial charge in [0.25, 0.3) is 0 Å². The summed E-state index contributed by atoms with van der Waals surface area (Å²) < 4.78 is 0.